The van der Waals surface area contributed by atoms with E-state index in [1.807, 2.05) is 79.3 Å². The molecule has 4 rings (SSSR count). The van der Waals surface area contributed by atoms with Gasteiger partial charge in [-0.3, -0.25) is 4.79 Å². The fourth-order valence-corrected chi connectivity index (χ4v) is 3.27. The molecule has 0 bridgehead atoms. The van der Waals surface area contributed by atoms with E-state index in [1.54, 1.807) is 6.08 Å². The molecule has 4 aromatic rings. The number of carbonyl (C=O) groups excluding carboxylic acids is 1. The van der Waals surface area contributed by atoms with Crippen molar-refractivity contribution in [3.05, 3.63) is 90.4 Å². The summed E-state index contributed by atoms with van der Waals surface area (Å²) in [7, 11) is 1.98. The number of hydrogen-bond donors (Lipinski definition) is 1. The molecule has 0 aliphatic heterocycles. The number of nitrogens with zero attached hydrogens (tertiary/aromatic N) is 2. The van der Waals surface area contributed by atoms with Gasteiger partial charge in [0.15, 0.2) is 0 Å². The second kappa shape index (κ2) is 7.53. The number of imidazole rings is 1. The lowest BCUT2D eigenvalue weighted by Gasteiger charge is -2.07. The van der Waals surface area contributed by atoms with E-state index in [2.05, 4.69) is 28.5 Å². The van der Waals surface area contributed by atoms with Gasteiger partial charge in [-0.2, -0.15) is 0 Å². The quantitative estimate of drug-likeness (QED) is 0.504. The normalized spacial score (nSPS) is 11.2. The maximum atomic E-state index is 12.4. The van der Waals surface area contributed by atoms with Gasteiger partial charge in [0.2, 0.25) is 5.91 Å². The topological polar surface area (TPSA) is 46.9 Å². The Kier molecular flexibility index (Phi) is 4.77. The second-order valence-corrected chi connectivity index (χ2v) is 6.72. The summed E-state index contributed by atoms with van der Waals surface area (Å²) < 4.78 is 2.03. The van der Waals surface area contributed by atoms with Crippen molar-refractivity contribution in [1.29, 1.82) is 0 Å². The van der Waals surface area contributed by atoms with Crippen LogP contribution in [0.3, 0.4) is 0 Å². The lowest BCUT2D eigenvalue weighted by molar-refractivity contribution is -0.111. The second-order valence-electron chi connectivity index (χ2n) is 6.72. The maximum Gasteiger partial charge on any atom is 0.248 e. The lowest BCUT2D eigenvalue weighted by atomic mass is 10.0. The van der Waals surface area contributed by atoms with Crippen molar-refractivity contribution in [3.63, 3.8) is 0 Å². The fraction of sp³-hybridized carbons (Fsp3) is 0.0833. The van der Waals surface area contributed by atoms with Crippen LogP contribution in [0.25, 0.3) is 28.1 Å². The van der Waals surface area contributed by atoms with E-state index in [-0.39, 0.29) is 5.91 Å². The standard InChI is InChI=1S/C24H21N3O/c1-17-25-16-23(27(17)2)20-10-6-11-21(15-20)26-24(28)14-13-19-9-5-8-18-7-3-4-12-22(18)19/h3-16H,1-2H3,(H,26,28)/b14-13+. The molecule has 0 atom stereocenters. The van der Waals surface area contributed by atoms with Crippen molar-refractivity contribution in [2.45, 2.75) is 6.92 Å². The molecule has 4 nitrogen and oxygen atoms in total. The van der Waals surface area contributed by atoms with Crippen LogP contribution in [0.4, 0.5) is 5.69 Å². The number of aromatic nitrogens is 2. The van der Waals surface area contributed by atoms with E-state index >= 15 is 0 Å². The molecule has 28 heavy (non-hydrogen) atoms. The monoisotopic (exact) mass is 367 g/mol. The molecule has 0 fully saturated rings. The zero-order valence-electron chi connectivity index (χ0n) is 15.9. The minimum atomic E-state index is -0.161. The Balaban J connectivity index is 1.53. The Labute approximate surface area is 164 Å². The third-order valence-electron chi connectivity index (χ3n) is 4.88. The molecule has 138 valence electrons. The molecule has 0 aliphatic rings. The number of carbonyl (C=O) groups is 1. The number of amides is 1. The van der Waals surface area contributed by atoms with E-state index in [0.717, 1.165) is 39.1 Å². The van der Waals surface area contributed by atoms with Crippen molar-refractivity contribution >= 4 is 28.4 Å². The highest BCUT2D eigenvalue weighted by Crippen LogP contribution is 2.23. The number of benzene rings is 3. The third-order valence-corrected chi connectivity index (χ3v) is 4.88. The van der Waals surface area contributed by atoms with E-state index in [4.69, 9.17) is 0 Å². The van der Waals surface area contributed by atoms with Gasteiger partial charge in [-0.05, 0) is 41.5 Å². The first kappa shape index (κ1) is 17.7. The van der Waals surface area contributed by atoms with Crippen LogP contribution >= 0.6 is 0 Å². The van der Waals surface area contributed by atoms with Crippen LogP contribution in [0, 0.1) is 6.92 Å². The molecule has 3 aromatic carbocycles. The number of fused-ring (bicyclic) bond motifs is 1. The molecule has 0 unspecified atom stereocenters. The Morgan fingerprint density at radius 1 is 1.04 bits per heavy atom. The number of nitrogens with one attached hydrogen (secondary N) is 1. The largest absolute Gasteiger partial charge is 0.331 e. The number of aryl methyl sites for hydroxylation is 1. The Hall–Kier alpha value is -3.66. The first-order valence-corrected chi connectivity index (χ1v) is 9.17. The molecule has 0 saturated heterocycles. The first-order valence-electron chi connectivity index (χ1n) is 9.17. The number of rotatable bonds is 4. The Morgan fingerprint density at radius 2 is 1.82 bits per heavy atom. The van der Waals surface area contributed by atoms with Crippen molar-refractivity contribution in [2.24, 2.45) is 7.05 Å². The summed E-state index contributed by atoms with van der Waals surface area (Å²) in [6, 6.07) is 22.0. The SMILES string of the molecule is Cc1ncc(-c2cccc(NC(=O)/C=C/c3cccc4ccccc34)c2)n1C. The Bertz CT molecular complexity index is 1180. The first-order chi connectivity index (χ1) is 13.6. The maximum absolute atomic E-state index is 12.4. The van der Waals surface area contributed by atoms with Crippen molar-refractivity contribution in [1.82, 2.24) is 9.55 Å². The summed E-state index contributed by atoms with van der Waals surface area (Å²) in [5.41, 5.74) is 3.80. The van der Waals surface area contributed by atoms with Crippen LogP contribution in [0.2, 0.25) is 0 Å². The van der Waals surface area contributed by atoms with Gasteiger partial charge in [0.25, 0.3) is 0 Å². The highest BCUT2D eigenvalue weighted by molar-refractivity contribution is 6.03. The smallest absolute Gasteiger partial charge is 0.248 e. The average molecular weight is 367 g/mol. The average Bonchev–Trinajstić information content (AvgIpc) is 3.05. The summed E-state index contributed by atoms with van der Waals surface area (Å²) in [5, 5.41) is 5.23. The molecule has 0 saturated carbocycles. The lowest BCUT2D eigenvalue weighted by Crippen LogP contribution is -2.07. The van der Waals surface area contributed by atoms with E-state index in [9.17, 15) is 4.79 Å². The molecular weight excluding hydrogens is 346 g/mol. The molecule has 1 aromatic heterocycles. The van der Waals surface area contributed by atoms with Gasteiger partial charge in [-0.1, -0.05) is 54.6 Å². The summed E-state index contributed by atoms with van der Waals surface area (Å²) in [4.78, 5) is 16.8. The molecule has 0 radical (unpaired) electrons. The van der Waals surface area contributed by atoms with Gasteiger partial charge in [-0.15, -0.1) is 0 Å². The van der Waals surface area contributed by atoms with E-state index < -0.39 is 0 Å². The molecule has 4 heteroatoms. The predicted octanol–water partition coefficient (Wildman–Crippen LogP) is 5.20. The minimum absolute atomic E-state index is 0.161. The Morgan fingerprint density at radius 3 is 2.64 bits per heavy atom. The van der Waals surface area contributed by atoms with Crippen LogP contribution in [-0.4, -0.2) is 15.5 Å². The highest BCUT2D eigenvalue weighted by atomic mass is 16.1. The van der Waals surface area contributed by atoms with Crippen LogP contribution in [-0.2, 0) is 11.8 Å². The van der Waals surface area contributed by atoms with E-state index in [0.29, 0.717) is 0 Å². The number of hydrogen-bond acceptors (Lipinski definition) is 2. The van der Waals surface area contributed by atoms with Crippen LogP contribution in [0.15, 0.2) is 79.0 Å². The summed E-state index contributed by atoms with van der Waals surface area (Å²) >= 11 is 0. The minimum Gasteiger partial charge on any atom is -0.331 e. The van der Waals surface area contributed by atoms with Crippen LogP contribution in [0.5, 0.6) is 0 Å². The van der Waals surface area contributed by atoms with Crippen molar-refractivity contribution in [2.75, 3.05) is 5.32 Å². The molecule has 1 amide bonds. The molecule has 1 N–H and O–H groups in total. The van der Waals surface area contributed by atoms with Crippen molar-refractivity contribution in [3.8, 4) is 11.3 Å². The molecular formula is C24H21N3O. The zero-order chi connectivity index (χ0) is 19.5. The van der Waals surface area contributed by atoms with Crippen LogP contribution < -0.4 is 5.32 Å². The molecule has 1 heterocycles. The van der Waals surface area contributed by atoms with Crippen molar-refractivity contribution < 1.29 is 4.79 Å². The third kappa shape index (κ3) is 3.58. The highest BCUT2D eigenvalue weighted by Gasteiger charge is 2.07. The molecule has 0 aliphatic carbocycles. The molecule has 0 spiro atoms. The van der Waals surface area contributed by atoms with Gasteiger partial charge in [-0.25, -0.2) is 4.98 Å². The van der Waals surface area contributed by atoms with Gasteiger partial charge in [0, 0.05) is 24.4 Å². The number of anilines is 1. The van der Waals surface area contributed by atoms with Gasteiger partial charge in [0.1, 0.15) is 5.82 Å². The summed E-state index contributed by atoms with van der Waals surface area (Å²) in [6.07, 6.45) is 5.27. The summed E-state index contributed by atoms with van der Waals surface area (Å²) in [5.74, 6) is 0.786. The zero-order valence-corrected chi connectivity index (χ0v) is 15.9. The van der Waals surface area contributed by atoms with Gasteiger partial charge < -0.3 is 9.88 Å². The van der Waals surface area contributed by atoms with Gasteiger partial charge >= 0.3 is 0 Å². The summed E-state index contributed by atoms with van der Waals surface area (Å²) in [6.45, 7) is 1.97. The van der Waals surface area contributed by atoms with Crippen LogP contribution in [0.1, 0.15) is 11.4 Å². The fourth-order valence-electron chi connectivity index (χ4n) is 3.27. The van der Waals surface area contributed by atoms with E-state index in [1.165, 1.54) is 0 Å². The van der Waals surface area contributed by atoms with Gasteiger partial charge in [0.05, 0.1) is 11.9 Å². The predicted molar refractivity (Wildman–Crippen MR) is 115 cm³/mol.